The summed E-state index contributed by atoms with van der Waals surface area (Å²) < 4.78 is 28.4. The first kappa shape index (κ1) is 14.9. The Hall–Kier alpha value is -1.97. The molecule has 0 saturated carbocycles. The van der Waals surface area contributed by atoms with Crippen LogP contribution in [0.4, 0.5) is 14.5 Å². The predicted molar refractivity (Wildman–Crippen MR) is 82.6 cm³/mol. The Morgan fingerprint density at radius 2 is 1.91 bits per heavy atom. The van der Waals surface area contributed by atoms with Crippen molar-refractivity contribution in [2.75, 3.05) is 4.90 Å². The van der Waals surface area contributed by atoms with Crippen LogP contribution in [0.15, 0.2) is 35.4 Å². The van der Waals surface area contributed by atoms with Crippen LogP contribution in [0.2, 0.25) is 0 Å². The lowest BCUT2D eigenvalue weighted by atomic mass is 9.94. The summed E-state index contributed by atoms with van der Waals surface area (Å²) in [6.45, 7) is 7.53. The van der Waals surface area contributed by atoms with Gasteiger partial charge >= 0.3 is 0 Å². The number of amides is 1. The molecule has 0 radical (unpaired) electrons. The molecule has 2 aliphatic heterocycles. The number of halogens is 2. The van der Waals surface area contributed by atoms with Crippen LogP contribution in [0.25, 0.3) is 0 Å². The van der Waals surface area contributed by atoms with Crippen LogP contribution in [-0.4, -0.2) is 11.4 Å². The Kier molecular flexibility index (Phi) is 3.24. The van der Waals surface area contributed by atoms with E-state index in [9.17, 15) is 13.6 Å². The van der Waals surface area contributed by atoms with Crippen LogP contribution < -0.4 is 4.90 Å². The first-order valence-electron chi connectivity index (χ1n) is 7.44. The van der Waals surface area contributed by atoms with Crippen molar-refractivity contribution >= 4 is 11.6 Å². The monoisotopic (exact) mass is 303 g/mol. The molecule has 1 aromatic rings. The Bertz CT molecular complexity index is 731. The van der Waals surface area contributed by atoms with E-state index in [2.05, 4.69) is 0 Å². The molecule has 0 N–H and O–H groups in total. The number of anilines is 1. The molecule has 1 unspecified atom stereocenters. The molecule has 22 heavy (non-hydrogen) atoms. The third-order valence-corrected chi connectivity index (χ3v) is 4.41. The maximum atomic E-state index is 14.3. The lowest BCUT2D eigenvalue weighted by Crippen LogP contribution is -2.49. The Balaban J connectivity index is 2.12. The molecule has 4 rings (SSSR count). The fourth-order valence-corrected chi connectivity index (χ4v) is 3.43. The van der Waals surface area contributed by atoms with Crippen LogP contribution >= 0.6 is 0 Å². The summed E-state index contributed by atoms with van der Waals surface area (Å²) in [5.74, 6) is -1.88. The number of carbonyl (C=O) groups excluding carboxylic acids is 1. The fourth-order valence-electron chi connectivity index (χ4n) is 3.43. The van der Waals surface area contributed by atoms with Crippen LogP contribution in [-0.2, 0) is 11.2 Å². The van der Waals surface area contributed by atoms with Crippen molar-refractivity contribution in [2.45, 2.75) is 39.7 Å². The van der Waals surface area contributed by atoms with E-state index in [0.717, 1.165) is 5.57 Å². The van der Waals surface area contributed by atoms with Gasteiger partial charge in [0, 0.05) is 11.1 Å². The molecule has 0 saturated heterocycles. The van der Waals surface area contributed by atoms with Gasteiger partial charge in [-0.3, -0.25) is 9.69 Å². The molecule has 2 bridgehead atoms. The summed E-state index contributed by atoms with van der Waals surface area (Å²) in [5, 5.41) is 0. The quantitative estimate of drug-likeness (QED) is 0.763. The van der Waals surface area contributed by atoms with E-state index in [1.165, 1.54) is 11.0 Å². The maximum absolute atomic E-state index is 14.3. The number of rotatable bonds is 1. The summed E-state index contributed by atoms with van der Waals surface area (Å²) in [6.07, 6.45) is 4.15. The molecule has 3 aliphatic rings. The number of hydrogen-bond acceptors (Lipinski definition) is 1. The van der Waals surface area contributed by atoms with Crippen molar-refractivity contribution in [3.8, 4) is 0 Å². The van der Waals surface area contributed by atoms with Gasteiger partial charge < -0.3 is 0 Å². The highest BCUT2D eigenvalue weighted by atomic mass is 19.2. The minimum Gasteiger partial charge on any atom is -0.299 e. The minimum atomic E-state index is -0.940. The average Bonchev–Trinajstić information content (AvgIpc) is 2.65. The van der Waals surface area contributed by atoms with E-state index in [4.69, 9.17) is 0 Å². The third-order valence-electron chi connectivity index (χ3n) is 4.41. The fraction of sp³-hybridized carbons (Fsp3) is 0.389. The van der Waals surface area contributed by atoms with E-state index >= 15 is 0 Å². The molecule has 2 heterocycles. The number of hydrogen-bond donors (Lipinski definition) is 0. The van der Waals surface area contributed by atoms with Gasteiger partial charge in [0.1, 0.15) is 0 Å². The predicted octanol–water partition coefficient (Wildman–Crippen LogP) is 4.15. The van der Waals surface area contributed by atoms with Gasteiger partial charge in [-0.05, 0) is 50.3 Å². The topological polar surface area (TPSA) is 20.3 Å². The molecule has 1 aliphatic carbocycles. The summed E-state index contributed by atoms with van der Waals surface area (Å²) in [6, 6.07) is 3.06. The van der Waals surface area contributed by atoms with Crippen molar-refractivity contribution < 1.29 is 13.6 Å². The SMILES string of the molecule is CC1=CC(C)C=C1C(=O)N1c2ccc(c(F)c2F)CC1(C)C. The summed E-state index contributed by atoms with van der Waals surface area (Å²) >= 11 is 0. The van der Waals surface area contributed by atoms with Gasteiger partial charge in [-0.1, -0.05) is 25.1 Å². The van der Waals surface area contributed by atoms with Gasteiger partial charge in [-0.15, -0.1) is 0 Å². The maximum Gasteiger partial charge on any atom is 0.258 e. The lowest BCUT2D eigenvalue weighted by molar-refractivity contribution is -0.115. The first-order chi connectivity index (χ1) is 10.2. The van der Waals surface area contributed by atoms with Crippen molar-refractivity contribution in [2.24, 2.45) is 5.92 Å². The molecule has 1 amide bonds. The lowest BCUT2D eigenvalue weighted by Gasteiger charge is -2.37. The van der Waals surface area contributed by atoms with Crippen molar-refractivity contribution in [1.82, 2.24) is 0 Å². The standard InChI is InChI=1S/C18H19F2NO/c1-10-7-11(2)13(8-10)17(22)21-14-6-5-12(9-18(21,3)4)15(19)16(14)20/h5-8,10H,9H2,1-4H3. The Labute approximate surface area is 129 Å². The van der Waals surface area contributed by atoms with Crippen LogP contribution in [0, 0.1) is 17.6 Å². The Morgan fingerprint density at radius 1 is 1.23 bits per heavy atom. The first-order valence-corrected chi connectivity index (χ1v) is 7.44. The zero-order chi connectivity index (χ0) is 16.2. The number of nitrogens with zero attached hydrogens (tertiary/aromatic N) is 1. The van der Waals surface area contributed by atoms with Gasteiger partial charge in [-0.25, -0.2) is 8.78 Å². The second-order valence-electron chi connectivity index (χ2n) is 6.79. The highest BCUT2D eigenvalue weighted by Crippen LogP contribution is 2.39. The third kappa shape index (κ3) is 2.09. The number of fused-ring (bicyclic) bond motifs is 4. The van der Waals surface area contributed by atoms with E-state index in [-0.39, 0.29) is 23.9 Å². The zero-order valence-corrected chi connectivity index (χ0v) is 13.2. The number of benzene rings is 1. The normalized spacial score (nSPS) is 22.5. The second-order valence-corrected chi connectivity index (χ2v) is 6.79. The number of allylic oxidation sites excluding steroid dienone is 2. The molecule has 1 atom stereocenters. The minimum absolute atomic E-state index is 0.0157. The largest absolute Gasteiger partial charge is 0.299 e. The molecule has 4 heteroatoms. The van der Waals surface area contributed by atoms with E-state index in [1.54, 1.807) is 6.07 Å². The van der Waals surface area contributed by atoms with E-state index in [0.29, 0.717) is 11.1 Å². The molecular formula is C18H19F2NO. The van der Waals surface area contributed by atoms with Gasteiger partial charge in [0.2, 0.25) is 0 Å². The van der Waals surface area contributed by atoms with Crippen molar-refractivity contribution in [3.05, 3.63) is 52.6 Å². The summed E-state index contributed by atoms with van der Waals surface area (Å²) in [4.78, 5) is 14.4. The average molecular weight is 303 g/mol. The highest BCUT2D eigenvalue weighted by molar-refractivity contribution is 6.10. The van der Waals surface area contributed by atoms with Crippen LogP contribution in [0.1, 0.15) is 33.3 Å². The molecule has 0 aromatic heterocycles. The number of carbonyl (C=O) groups is 1. The van der Waals surface area contributed by atoms with Crippen molar-refractivity contribution in [3.63, 3.8) is 0 Å². The van der Waals surface area contributed by atoms with Gasteiger partial charge in [0.25, 0.3) is 5.91 Å². The van der Waals surface area contributed by atoms with Crippen molar-refractivity contribution in [1.29, 1.82) is 0 Å². The zero-order valence-electron chi connectivity index (χ0n) is 13.2. The van der Waals surface area contributed by atoms with E-state index < -0.39 is 17.2 Å². The van der Waals surface area contributed by atoms with E-state index in [1.807, 2.05) is 39.8 Å². The smallest absolute Gasteiger partial charge is 0.258 e. The van der Waals surface area contributed by atoms with Gasteiger partial charge in [-0.2, -0.15) is 0 Å². The molecule has 2 nitrogen and oxygen atoms in total. The van der Waals surface area contributed by atoms with Crippen LogP contribution in [0.3, 0.4) is 0 Å². The van der Waals surface area contributed by atoms with Gasteiger partial charge in [0.15, 0.2) is 11.6 Å². The summed E-state index contributed by atoms with van der Waals surface area (Å²) in [7, 11) is 0. The summed E-state index contributed by atoms with van der Waals surface area (Å²) in [5.41, 5.74) is 1.09. The van der Waals surface area contributed by atoms with Gasteiger partial charge in [0.05, 0.1) is 5.69 Å². The van der Waals surface area contributed by atoms with Crippen LogP contribution in [0.5, 0.6) is 0 Å². The Morgan fingerprint density at radius 3 is 2.50 bits per heavy atom. The molecule has 0 spiro atoms. The highest BCUT2D eigenvalue weighted by Gasteiger charge is 2.40. The molecular weight excluding hydrogens is 284 g/mol. The molecule has 1 aromatic carbocycles. The molecule has 0 fully saturated rings. The molecule has 116 valence electrons. The second kappa shape index (κ2) is 4.77.